The molecule has 4 rings (SSSR count). The monoisotopic (exact) mass is 359 g/mol. The summed E-state index contributed by atoms with van der Waals surface area (Å²) >= 11 is 1.50. The number of aromatic nitrogens is 2. The molecule has 0 bridgehead atoms. The third-order valence-electron chi connectivity index (χ3n) is 4.15. The van der Waals surface area contributed by atoms with Crippen LogP contribution in [0, 0.1) is 6.92 Å². The van der Waals surface area contributed by atoms with E-state index in [4.69, 9.17) is 9.47 Å². The number of fused-ring (bicyclic) bond motifs is 2. The molecule has 0 saturated carbocycles. The minimum absolute atomic E-state index is 0.0767. The molecular weight excluding hydrogens is 342 g/mol. The van der Waals surface area contributed by atoms with Crippen molar-refractivity contribution in [3.8, 4) is 11.5 Å². The number of thioether (sulfide) groups is 1. The molecule has 1 aromatic heterocycles. The minimum Gasteiger partial charge on any atom is -0.486 e. The van der Waals surface area contributed by atoms with Crippen molar-refractivity contribution in [3.05, 3.63) is 40.3 Å². The molecule has 7 nitrogen and oxygen atoms in total. The molecule has 0 spiro atoms. The number of carbonyl (C=O) groups is 1. The van der Waals surface area contributed by atoms with Crippen molar-refractivity contribution in [2.45, 2.75) is 24.5 Å². The first kappa shape index (κ1) is 16.0. The van der Waals surface area contributed by atoms with Crippen LogP contribution in [-0.2, 0) is 4.79 Å². The quantitative estimate of drug-likeness (QED) is 0.844. The normalized spacial score (nSPS) is 17.9. The topological polar surface area (TPSA) is 82.5 Å². The molecule has 1 aromatic carbocycles. The number of carbonyl (C=O) groups excluding carboxylic acids is 1. The van der Waals surface area contributed by atoms with E-state index in [1.54, 1.807) is 35.9 Å². The molecule has 3 heterocycles. The third kappa shape index (κ3) is 3.09. The Balaban J connectivity index is 1.48. The van der Waals surface area contributed by atoms with Gasteiger partial charge in [0, 0.05) is 35.7 Å². The standard InChI is InChI=1S/C17H17N3O4S/c1-10-8-18-17-20(16(10)22)12(9-25-17)7-15(21)19-11-2-3-13-14(6-11)24-5-4-23-13/h2-3,6,8,12H,4-5,7,9H2,1H3,(H,19,21). The molecule has 2 aliphatic heterocycles. The third-order valence-corrected chi connectivity index (χ3v) is 5.26. The second-order valence-electron chi connectivity index (χ2n) is 5.97. The highest BCUT2D eigenvalue weighted by Gasteiger charge is 2.27. The van der Waals surface area contributed by atoms with Gasteiger partial charge in [-0.2, -0.15) is 0 Å². The van der Waals surface area contributed by atoms with Gasteiger partial charge in [-0.15, -0.1) is 0 Å². The van der Waals surface area contributed by atoms with E-state index < -0.39 is 0 Å². The highest BCUT2D eigenvalue weighted by molar-refractivity contribution is 7.99. The zero-order valence-corrected chi connectivity index (χ0v) is 14.5. The van der Waals surface area contributed by atoms with Gasteiger partial charge in [-0.3, -0.25) is 14.2 Å². The lowest BCUT2D eigenvalue weighted by Crippen LogP contribution is -2.28. The lowest BCUT2D eigenvalue weighted by molar-refractivity contribution is -0.116. The second kappa shape index (κ2) is 6.44. The van der Waals surface area contributed by atoms with Crippen LogP contribution in [0.4, 0.5) is 5.69 Å². The zero-order valence-electron chi connectivity index (χ0n) is 13.7. The molecule has 25 heavy (non-hydrogen) atoms. The van der Waals surface area contributed by atoms with Crippen molar-refractivity contribution in [2.24, 2.45) is 0 Å². The van der Waals surface area contributed by atoms with Crippen LogP contribution in [0.5, 0.6) is 11.5 Å². The summed E-state index contributed by atoms with van der Waals surface area (Å²) in [6.45, 7) is 2.76. The molecule has 130 valence electrons. The van der Waals surface area contributed by atoms with Crippen molar-refractivity contribution in [2.75, 3.05) is 24.3 Å². The van der Waals surface area contributed by atoms with Gasteiger partial charge in [-0.25, -0.2) is 4.98 Å². The first-order valence-corrected chi connectivity index (χ1v) is 9.01. The fourth-order valence-electron chi connectivity index (χ4n) is 2.92. The average Bonchev–Trinajstić information content (AvgIpc) is 3.01. The summed E-state index contributed by atoms with van der Waals surface area (Å²) in [4.78, 5) is 29.0. The molecule has 0 fully saturated rings. The maximum Gasteiger partial charge on any atom is 0.257 e. The van der Waals surface area contributed by atoms with Crippen molar-refractivity contribution in [1.82, 2.24) is 9.55 Å². The summed E-state index contributed by atoms with van der Waals surface area (Å²) in [6.07, 6.45) is 1.80. The lowest BCUT2D eigenvalue weighted by Gasteiger charge is -2.19. The van der Waals surface area contributed by atoms with Crippen LogP contribution in [0.1, 0.15) is 18.0 Å². The molecule has 1 atom stereocenters. The molecule has 2 aromatic rings. The fourth-order valence-corrected chi connectivity index (χ4v) is 4.02. The van der Waals surface area contributed by atoms with E-state index in [0.717, 1.165) is 0 Å². The Morgan fingerprint density at radius 2 is 2.16 bits per heavy atom. The van der Waals surface area contributed by atoms with Crippen LogP contribution >= 0.6 is 11.8 Å². The Kier molecular flexibility index (Phi) is 4.12. The number of nitrogens with one attached hydrogen (secondary N) is 1. The molecular formula is C17H17N3O4S. The van der Waals surface area contributed by atoms with E-state index in [9.17, 15) is 9.59 Å². The van der Waals surface area contributed by atoms with Gasteiger partial charge in [0.05, 0.1) is 6.04 Å². The highest BCUT2D eigenvalue weighted by atomic mass is 32.2. The minimum atomic E-state index is -0.183. The smallest absolute Gasteiger partial charge is 0.257 e. The summed E-state index contributed by atoms with van der Waals surface area (Å²) < 4.78 is 12.6. The first-order chi connectivity index (χ1) is 12.1. The Hall–Kier alpha value is -2.48. The maximum atomic E-state index is 12.4. The molecule has 8 heteroatoms. The molecule has 0 radical (unpaired) electrons. The highest BCUT2D eigenvalue weighted by Crippen LogP contribution is 2.34. The van der Waals surface area contributed by atoms with E-state index in [1.807, 2.05) is 0 Å². The summed E-state index contributed by atoms with van der Waals surface area (Å²) in [5.74, 6) is 1.82. The van der Waals surface area contributed by atoms with Gasteiger partial charge >= 0.3 is 0 Å². The van der Waals surface area contributed by atoms with Gasteiger partial charge in [-0.1, -0.05) is 11.8 Å². The number of hydrogen-bond donors (Lipinski definition) is 1. The Morgan fingerprint density at radius 3 is 3.00 bits per heavy atom. The van der Waals surface area contributed by atoms with E-state index in [2.05, 4.69) is 10.3 Å². The van der Waals surface area contributed by atoms with Crippen molar-refractivity contribution in [1.29, 1.82) is 0 Å². The number of rotatable bonds is 3. The maximum absolute atomic E-state index is 12.4. The number of benzene rings is 1. The predicted octanol–water partition coefficient (Wildman–Crippen LogP) is 2.00. The van der Waals surface area contributed by atoms with E-state index in [1.165, 1.54) is 11.8 Å². The second-order valence-corrected chi connectivity index (χ2v) is 6.96. The van der Waals surface area contributed by atoms with Gasteiger partial charge < -0.3 is 14.8 Å². The lowest BCUT2D eigenvalue weighted by atomic mass is 10.2. The summed E-state index contributed by atoms with van der Waals surface area (Å²) in [5, 5.41) is 3.54. The number of anilines is 1. The molecule has 2 aliphatic rings. The number of hydrogen-bond acceptors (Lipinski definition) is 6. The molecule has 1 unspecified atom stereocenters. The fraction of sp³-hybridized carbons (Fsp3) is 0.353. The van der Waals surface area contributed by atoms with Crippen molar-refractivity contribution >= 4 is 23.4 Å². The largest absolute Gasteiger partial charge is 0.486 e. The van der Waals surface area contributed by atoms with E-state index in [-0.39, 0.29) is 23.9 Å². The van der Waals surface area contributed by atoms with Gasteiger partial charge in [0.2, 0.25) is 5.91 Å². The van der Waals surface area contributed by atoms with Gasteiger partial charge in [0.25, 0.3) is 5.56 Å². The van der Waals surface area contributed by atoms with E-state index >= 15 is 0 Å². The summed E-state index contributed by atoms with van der Waals surface area (Å²) in [7, 11) is 0. The molecule has 0 saturated heterocycles. The van der Waals surface area contributed by atoms with Crippen LogP contribution in [-0.4, -0.2) is 34.4 Å². The molecule has 1 N–H and O–H groups in total. The zero-order chi connectivity index (χ0) is 17.4. The number of ether oxygens (including phenoxy) is 2. The Labute approximate surface area is 148 Å². The van der Waals surface area contributed by atoms with Crippen LogP contribution in [0.2, 0.25) is 0 Å². The molecule has 1 amide bonds. The van der Waals surface area contributed by atoms with Gasteiger partial charge in [-0.05, 0) is 19.1 Å². The average molecular weight is 359 g/mol. The summed E-state index contributed by atoms with van der Waals surface area (Å²) in [6, 6.07) is 5.13. The van der Waals surface area contributed by atoms with E-state index in [0.29, 0.717) is 46.9 Å². The van der Waals surface area contributed by atoms with Crippen LogP contribution < -0.4 is 20.3 Å². The van der Waals surface area contributed by atoms with Crippen LogP contribution in [0.3, 0.4) is 0 Å². The SMILES string of the molecule is Cc1cnc2n(c1=O)C(CC(=O)Nc1ccc3c(c1)OCCO3)CS2. The number of amides is 1. The predicted molar refractivity (Wildman–Crippen MR) is 93.7 cm³/mol. The first-order valence-electron chi connectivity index (χ1n) is 8.02. The molecule has 0 aliphatic carbocycles. The number of aryl methyl sites for hydroxylation is 1. The van der Waals surface area contributed by atoms with Crippen LogP contribution in [0.15, 0.2) is 34.3 Å². The number of nitrogens with zero attached hydrogens (tertiary/aromatic N) is 2. The summed E-state index contributed by atoms with van der Waals surface area (Å²) in [5.41, 5.74) is 1.16. The van der Waals surface area contributed by atoms with Gasteiger partial charge in [0.1, 0.15) is 13.2 Å². The van der Waals surface area contributed by atoms with Gasteiger partial charge in [0.15, 0.2) is 16.7 Å². The van der Waals surface area contributed by atoms with Crippen molar-refractivity contribution in [3.63, 3.8) is 0 Å². The van der Waals surface area contributed by atoms with Crippen LogP contribution in [0.25, 0.3) is 0 Å². The Morgan fingerprint density at radius 1 is 1.36 bits per heavy atom. The van der Waals surface area contributed by atoms with Crippen molar-refractivity contribution < 1.29 is 14.3 Å². The Bertz CT molecular complexity index is 896.